The largest absolute Gasteiger partial charge is 0.468 e. The molecule has 2 aromatic rings. The van der Waals surface area contributed by atoms with Crippen molar-refractivity contribution in [3.05, 3.63) is 58.9 Å². The van der Waals surface area contributed by atoms with Gasteiger partial charge in [0.2, 0.25) is 5.91 Å². The summed E-state index contributed by atoms with van der Waals surface area (Å²) in [5, 5.41) is 2.71. The fraction of sp³-hybridized carbons (Fsp3) is 0.348. The minimum absolute atomic E-state index is 0.173. The summed E-state index contributed by atoms with van der Waals surface area (Å²) in [6, 6.07) is 10.6. The second kappa shape index (κ2) is 10.2. The monoisotopic (exact) mass is 455 g/mol. The van der Waals surface area contributed by atoms with E-state index in [2.05, 4.69) is 10.2 Å². The van der Waals surface area contributed by atoms with E-state index in [4.69, 9.17) is 9.15 Å². The summed E-state index contributed by atoms with van der Waals surface area (Å²) >= 11 is 1.31. The predicted octanol–water partition coefficient (Wildman–Crippen LogP) is 2.58. The van der Waals surface area contributed by atoms with Crippen molar-refractivity contribution < 1.29 is 23.5 Å². The third-order valence-corrected chi connectivity index (χ3v) is 6.40. The topological polar surface area (TPSA) is 92.1 Å². The van der Waals surface area contributed by atoms with Gasteiger partial charge in [0.1, 0.15) is 5.76 Å². The molecule has 0 atom stereocenters. The zero-order valence-corrected chi connectivity index (χ0v) is 18.7. The van der Waals surface area contributed by atoms with Gasteiger partial charge < -0.3 is 14.5 Å². The molecule has 0 radical (unpaired) electrons. The summed E-state index contributed by atoms with van der Waals surface area (Å²) in [4.78, 5) is 41.8. The molecule has 168 valence electrons. The van der Waals surface area contributed by atoms with Crippen molar-refractivity contribution in [1.82, 2.24) is 9.80 Å². The Labute approximate surface area is 190 Å². The number of hydrogen-bond donors (Lipinski definition) is 1. The Morgan fingerprint density at radius 3 is 2.47 bits per heavy atom. The normalized spacial score (nSPS) is 17.3. The zero-order chi connectivity index (χ0) is 22.5. The van der Waals surface area contributed by atoms with Crippen LogP contribution in [0.3, 0.4) is 0 Å². The van der Waals surface area contributed by atoms with Crippen LogP contribution in [0.1, 0.15) is 18.2 Å². The molecule has 1 fully saturated rings. The lowest BCUT2D eigenvalue weighted by molar-refractivity contribution is -0.136. The van der Waals surface area contributed by atoms with Gasteiger partial charge in [-0.15, -0.1) is 11.8 Å². The lowest BCUT2D eigenvalue weighted by atomic mass is 10.1. The highest BCUT2D eigenvalue weighted by molar-refractivity contribution is 8.03. The van der Waals surface area contributed by atoms with E-state index < -0.39 is 0 Å². The van der Waals surface area contributed by atoms with Crippen LogP contribution in [0.2, 0.25) is 0 Å². The number of rotatable bonds is 8. The van der Waals surface area contributed by atoms with Crippen molar-refractivity contribution in [3.8, 4) is 0 Å². The Morgan fingerprint density at radius 1 is 1.06 bits per heavy atom. The van der Waals surface area contributed by atoms with Crippen LogP contribution in [0, 0.1) is 0 Å². The second-order valence-corrected chi connectivity index (χ2v) is 8.53. The van der Waals surface area contributed by atoms with E-state index in [1.54, 1.807) is 36.6 Å². The average Bonchev–Trinajstić information content (AvgIpc) is 3.38. The van der Waals surface area contributed by atoms with Crippen molar-refractivity contribution in [3.63, 3.8) is 0 Å². The highest BCUT2D eigenvalue weighted by atomic mass is 32.2. The smallest absolute Gasteiger partial charge is 0.268 e. The standard InChI is InChI=1S/C23H25N3O5S/c1-16(27)24-18-6-4-17(5-7-18)20-21(32-15-19-3-2-12-31-19)23(29)26(22(20)28)9-8-25-10-13-30-14-11-25/h2-7,12H,8-11,13-15H2,1H3,(H,24,27). The molecule has 0 unspecified atom stereocenters. The quantitative estimate of drug-likeness (QED) is 0.612. The molecule has 2 aliphatic rings. The first-order valence-corrected chi connectivity index (χ1v) is 11.5. The number of benzene rings is 1. The maximum Gasteiger partial charge on any atom is 0.268 e. The molecule has 32 heavy (non-hydrogen) atoms. The number of carbonyl (C=O) groups is 3. The summed E-state index contributed by atoms with van der Waals surface area (Å²) in [6.45, 7) is 5.29. The number of anilines is 1. The van der Waals surface area contributed by atoms with Gasteiger partial charge in [-0.05, 0) is 29.8 Å². The maximum atomic E-state index is 13.3. The molecule has 3 heterocycles. The van der Waals surface area contributed by atoms with Crippen LogP contribution >= 0.6 is 11.8 Å². The number of morpholine rings is 1. The van der Waals surface area contributed by atoms with Crippen molar-refractivity contribution in [1.29, 1.82) is 0 Å². The summed E-state index contributed by atoms with van der Waals surface area (Å²) in [5.41, 5.74) is 1.67. The molecule has 8 nitrogen and oxygen atoms in total. The Bertz CT molecular complexity index is 1010. The first-order valence-electron chi connectivity index (χ1n) is 10.5. The molecule has 0 aliphatic carbocycles. The Morgan fingerprint density at radius 2 is 1.81 bits per heavy atom. The minimum Gasteiger partial charge on any atom is -0.468 e. The molecule has 4 rings (SSSR count). The molecule has 0 bridgehead atoms. The lowest BCUT2D eigenvalue weighted by Crippen LogP contribution is -2.43. The predicted molar refractivity (Wildman–Crippen MR) is 122 cm³/mol. The maximum absolute atomic E-state index is 13.3. The second-order valence-electron chi connectivity index (χ2n) is 7.55. The van der Waals surface area contributed by atoms with Gasteiger partial charge in [0.15, 0.2) is 0 Å². The summed E-state index contributed by atoms with van der Waals surface area (Å²) in [6.07, 6.45) is 1.59. The van der Waals surface area contributed by atoms with Crippen LogP contribution in [0.5, 0.6) is 0 Å². The van der Waals surface area contributed by atoms with Crippen molar-refractivity contribution in [2.24, 2.45) is 0 Å². The first-order chi connectivity index (χ1) is 15.5. The van der Waals surface area contributed by atoms with Gasteiger partial charge in [0.05, 0.1) is 35.7 Å². The van der Waals surface area contributed by atoms with Gasteiger partial charge in [-0.2, -0.15) is 0 Å². The number of ether oxygens (including phenoxy) is 1. The van der Waals surface area contributed by atoms with Gasteiger partial charge in [-0.1, -0.05) is 12.1 Å². The molecule has 1 saturated heterocycles. The van der Waals surface area contributed by atoms with Gasteiger partial charge in [-0.25, -0.2) is 0 Å². The van der Waals surface area contributed by atoms with Gasteiger partial charge in [-0.3, -0.25) is 24.2 Å². The molecule has 1 aromatic heterocycles. The molecule has 1 N–H and O–H groups in total. The van der Waals surface area contributed by atoms with Crippen LogP contribution in [-0.4, -0.2) is 66.9 Å². The molecule has 2 aliphatic heterocycles. The van der Waals surface area contributed by atoms with Gasteiger partial charge >= 0.3 is 0 Å². The van der Waals surface area contributed by atoms with Crippen LogP contribution in [0.4, 0.5) is 5.69 Å². The lowest BCUT2D eigenvalue weighted by Gasteiger charge is -2.28. The van der Waals surface area contributed by atoms with Crippen LogP contribution in [-0.2, 0) is 24.9 Å². The Hall–Kier alpha value is -2.88. The van der Waals surface area contributed by atoms with E-state index in [9.17, 15) is 14.4 Å². The summed E-state index contributed by atoms with van der Waals surface area (Å²) < 4.78 is 10.8. The Balaban J connectivity index is 1.56. The molecule has 3 amide bonds. The van der Waals surface area contributed by atoms with Gasteiger partial charge in [0, 0.05) is 38.8 Å². The van der Waals surface area contributed by atoms with E-state index in [1.165, 1.54) is 23.6 Å². The fourth-order valence-corrected chi connectivity index (χ4v) is 4.71. The van der Waals surface area contributed by atoms with E-state index in [1.807, 2.05) is 6.07 Å². The van der Waals surface area contributed by atoms with E-state index >= 15 is 0 Å². The van der Waals surface area contributed by atoms with E-state index in [0.29, 0.717) is 53.8 Å². The number of nitrogens with one attached hydrogen (secondary N) is 1. The Kier molecular flexibility index (Phi) is 7.09. The first kappa shape index (κ1) is 22.3. The highest BCUT2D eigenvalue weighted by Gasteiger charge is 2.39. The van der Waals surface area contributed by atoms with Crippen LogP contribution in [0.25, 0.3) is 5.57 Å². The highest BCUT2D eigenvalue weighted by Crippen LogP contribution is 2.37. The number of nitrogens with zero attached hydrogens (tertiary/aromatic N) is 2. The summed E-state index contributed by atoms with van der Waals surface area (Å²) in [7, 11) is 0. The fourth-order valence-electron chi connectivity index (χ4n) is 3.67. The number of hydrogen-bond acceptors (Lipinski definition) is 7. The molecular formula is C23H25N3O5S. The van der Waals surface area contributed by atoms with Gasteiger partial charge in [0.25, 0.3) is 11.8 Å². The number of furan rings is 1. The van der Waals surface area contributed by atoms with Crippen LogP contribution < -0.4 is 5.32 Å². The van der Waals surface area contributed by atoms with Crippen LogP contribution in [0.15, 0.2) is 52.0 Å². The average molecular weight is 456 g/mol. The molecule has 0 saturated carbocycles. The molecule has 1 aromatic carbocycles. The molecule has 0 spiro atoms. The number of carbonyl (C=O) groups excluding carboxylic acids is 3. The third-order valence-electron chi connectivity index (χ3n) is 5.30. The molecule has 9 heteroatoms. The number of imide groups is 1. The summed E-state index contributed by atoms with van der Waals surface area (Å²) in [5.74, 6) is 0.438. The third kappa shape index (κ3) is 5.12. The van der Waals surface area contributed by atoms with Crippen molar-refractivity contribution >= 4 is 40.7 Å². The SMILES string of the molecule is CC(=O)Nc1ccc(C2=C(SCc3ccco3)C(=O)N(CCN3CCOCC3)C2=O)cc1. The number of amides is 3. The van der Waals surface area contributed by atoms with Crippen molar-refractivity contribution in [2.75, 3.05) is 44.7 Å². The minimum atomic E-state index is -0.294. The van der Waals surface area contributed by atoms with E-state index in [-0.39, 0.29) is 17.7 Å². The van der Waals surface area contributed by atoms with E-state index in [0.717, 1.165) is 18.8 Å². The zero-order valence-electron chi connectivity index (χ0n) is 17.8. The molecular weight excluding hydrogens is 430 g/mol. The number of thioether (sulfide) groups is 1. The van der Waals surface area contributed by atoms with Crippen molar-refractivity contribution in [2.45, 2.75) is 12.7 Å².